The summed E-state index contributed by atoms with van der Waals surface area (Å²) < 4.78 is 32.1. The SMILES string of the molecule is NCc1ncc(Br)cc1Oc1cc(F)cc(F)c1. The van der Waals surface area contributed by atoms with Crippen LogP contribution in [0.3, 0.4) is 0 Å². The number of nitrogens with zero attached hydrogens (tertiary/aromatic N) is 1. The van der Waals surface area contributed by atoms with Gasteiger partial charge in [-0.1, -0.05) is 0 Å². The summed E-state index contributed by atoms with van der Waals surface area (Å²) in [5, 5.41) is 0. The van der Waals surface area contributed by atoms with Gasteiger partial charge in [-0.3, -0.25) is 4.98 Å². The first-order valence-electron chi connectivity index (χ1n) is 5.07. The van der Waals surface area contributed by atoms with Crippen molar-refractivity contribution in [3.05, 3.63) is 52.3 Å². The van der Waals surface area contributed by atoms with Gasteiger partial charge in [0.15, 0.2) is 5.75 Å². The molecule has 0 saturated heterocycles. The first-order valence-corrected chi connectivity index (χ1v) is 5.86. The number of rotatable bonds is 3. The molecule has 0 spiro atoms. The summed E-state index contributed by atoms with van der Waals surface area (Å²) in [5.41, 5.74) is 6.01. The molecule has 6 heteroatoms. The van der Waals surface area contributed by atoms with E-state index in [0.717, 1.165) is 18.2 Å². The maximum absolute atomic E-state index is 13.0. The fraction of sp³-hybridized carbons (Fsp3) is 0.0833. The molecule has 2 aromatic rings. The Morgan fingerprint density at radius 1 is 1.17 bits per heavy atom. The molecular formula is C12H9BrF2N2O. The van der Waals surface area contributed by atoms with E-state index in [1.165, 1.54) is 0 Å². The number of benzene rings is 1. The summed E-state index contributed by atoms with van der Waals surface area (Å²) in [6.07, 6.45) is 1.57. The average Bonchev–Trinajstić information content (AvgIpc) is 2.27. The van der Waals surface area contributed by atoms with E-state index in [9.17, 15) is 8.78 Å². The Labute approximate surface area is 111 Å². The third-order valence-electron chi connectivity index (χ3n) is 2.15. The van der Waals surface area contributed by atoms with Gasteiger partial charge in [0, 0.05) is 35.4 Å². The first-order chi connectivity index (χ1) is 8.58. The third-order valence-corrected chi connectivity index (χ3v) is 2.59. The fourth-order valence-electron chi connectivity index (χ4n) is 1.41. The molecule has 0 radical (unpaired) electrons. The molecule has 0 atom stereocenters. The van der Waals surface area contributed by atoms with Crippen LogP contribution in [-0.2, 0) is 6.54 Å². The highest BCUT2D eigenvalue weighted by Gasteiger charge is 2.08. The van der Waals surface area contributed by atoms with Crippen molar-refractivity contribution in [3.8, 4) is 11.5 Å². The number of aromatic nitrogens is 1. The number of pyridine rings is 1. The van der Waals surface area contributed by atoms with Crippen molar-refractivity contribution in [3.63, 3.8) is 0 Å². The Bertz CT molecular complexity index is 558. The normalized spacial score (nSPS) is 10.4. The minimum absolute atomic E-state index is 0.0575. The van der Waals surface area contributed by atoms with Crippen LogP contribution in [0.2, 0.25) is 0 Å². The van der Waals surface area contributed by atoms with E-state index < -0.39 is 11.6 Å². The molecule has 0 aliphatic rings. The molecule has 1 aromatic carbocycles. The van der Waals surface area contributed by atoms with Crippen molar-refractivity contribution < 1.29 is 13.5 Å². The van der Waals surface area contributed by atoms with Crippen molar-refractivity contribution in [2.75, 3.05) is 0 Å². The molecule has 0 fully saturated rings. The van der Waals surface area contributed by atoms with Crippen LogP contribution < -0.4 is 10.5 Å². The van der Waals surface area contributed by atoms with Crippen LogP contribution in [-0.4, -0.2) is 4.98 Å². The van der Waals surface area contributed by atoms with E-state index in [2.05, 4.69) is 20.9 Å². The minimum Gasteiger partial charge on any atom is -0.455 e. The second-order valence-corrected chi connectivity index (χ2v) is 4.43. The van der Waals surface area contributed by atoms with E-state index >= 15 is 0 Å². The van der Waals surface area contributed by atoms with Gasteiger partial charge in [-0.15, -0.1) is 0 Å². The van der Waals surface area contributed by atoms with Crippen molar-refractivity contribution in [1.82, 2.24) is 4.98 Å². The van der Waals surface area contributed by atoms with E-state index in [4.69, 9.17) is 10.5 Å². The quantitative estimate of drug-likeness (QED) is 0.945. The lowest BCUT2D eigenvalue weighted by atomic mass is 10.3. The molecule has 0 aliphatic heterocycles. The van der Waals surface area contributed by atoms with Crippen LogP contribution in [0.4, 0.5) is 8.78 Å². The predicted molar refractivity (Wildman–Crippen MR) is 66.3 cm³/mol. The summed E-state index contributed by atoms with van der Waals surface area (Å²) in [4.78, 5) is 4.05. The van der Waals surface area contributed by atoms with Crippen LogP contribution in [0, 0.1) is 11.6 Å². The number of halogens is 3. The predicted octanol–water partition coefficient (Wildman–Crippen LogP) is 3.37. The summed E-state index contributed by atoms with van der Waals surface area (Å²) in [5.74, 6) is -0.997. The first kappa shape index (κ1) is 12.9. The molecule has 0 bridgehead atoms. The van der Waals surface area contributed by atoms with Crippen molar-refractivity contribution in [2.24, 2.45) is 5.73 Å². The van der Waals surface area contributed by atoms with E-state index in [1.54, 1.807) is 12.3 Å². The largest absolute Gasteiger partial charge is 0.455 e. The second kappa shape index (κ2) is 5.41. The van der Waals surface area contributed by atoms with Gasteiger partial charge >= 0.3 is 0 Å². The fourth-order valence-corrected chi connectivity index (χ4v) is 1.72. The molecule has 18 heavy (non-hydrogen) atoms. The Morgan fingerprint density at radius 3 is 2.44 bits per heavy atom. The van der Waals surface area contributed by atoms with Gasteiger partial charge in [-0.2, -0.15) is 0 Å². The van der Waals surface area contributed by atoms with Crippen LogP contribution in [0.15, 0.2) is 34.9 Å². The Balaban J connectivity index is 2.35. The summed E-state index contributed by atoms with van der Waals surface area (Å²) in [6, 6.07) is 4.59. The van der Waals surface area contributed by atoms with Crippen molar-refractivity contribution in [2.45, 2.75) is 6.54 Å². The molecule has 1 heterocycles. The summed E-state index contributed by atoms with van der Waals surface area (Å²) >= 11 is 3.24. The highest BCUT2D eigenvalue weighted by Crippen LogP contribution is 2.27. The zero-order chi connectivity index (χ0) is 13.1. The molecule has 2 rings (SSSR count). The zero-order valence-electron chi connectivity index (χ0n) is 9.16. The Morgan fingerprint density at radius 2 is 1.83 bits per heavy atom. The van der Waals surface area contributed by atoms with E-state index in [-0.39, 0.29) is 12.3 Å². The van der Waals surface area contributed by atoms with Gasteiger partial charge in [-0.05, 0) is 22.0 Å². The van der Waals surface area contributed by atoms with Gasteiger partial charge in [0.2, 0.25) is 0 Å². The number of nitrogens with two attached hydrogens (primary N) is 1. The zero-order valence-corrected chi connectivity index (χ0v) is 10.7. The molecule has 94 valence electrons. The van der Waals surface area contributed by atoms with Crippen LogP contribution in [0.5, 0.6) is 11.5 Å². The second-order valence-electron chi connectivity index (χ2n) is 3.51. The molecule has 0 saturated carbocycles. The van der Waals surface area contributed by atoms with Gasteiger partial charge < -0.3 is 10.5 Å². The third kappa shape index (κ3) is 3.02. The van der Waals surface area contributed by atoms with Crippen molar-refractivity contribution >= 4 is 15.9 Å². The number of hydrogen-bond acceptors (Lipinski definition) is 3. The highest BCUT2D eigenvalue weighted by molar-refractivity contribution is 9.10. The van der Waals surface area contributed by atoms with E-state index in [1.807, 2.05) is 0 Å². The average molecular weight is 315 g/mol. The summed E-state index contributed by atoms with van der Waals surface area (Å²) in [6.45, 7) is 0.167. The maximum atomic E-state index is 13.0. The van der Waals surface area contributed by atoms with Crippen LogP contribution in [0.1, 0.15) is 5.69 Å². The van der Waals surface area contributed by atoms with E-state index in [0.29, 0.717) is 15.9 Å². The Hall–Kier alpha value is -1.53. The maximum Gasteiger partial charge on any atom is 0.151 e. The lowest BCUT2D eigenvalue weighted by Crippen LogP contribution is -2.02. The lowest BCUT2D eigenvalue weighted by molar-refractivity contribution is 0.459. The van der Waals surface area contributed by atoms with Crippen LogP contribution in [0.25, 0.3) is 0 Å². The summed E-state index contributed by atoms with van der Waals surface area (Å²) in [7, 11) is 0. The monoisotopic (exact) mass is 314 g/mol. The standard InChI is InChI=1S/C12H9BrF2N2O/c13-7-1-12(11(5-16)17-6-7)18-10-3-8(14)2-9(15)4-10/h1-4,6H,5,16H2. The molecule has 2 N–H and O–H groups in total. The Kier molecular flexibility index (Phi) is 3.88. The van der Waals surface area contributed by atoms with Crippen LogP contribution >= 0.6 is 15.9 Å². The molecule has 3 nitrogen and oxygen atoms in total. The highest BCUT2D eigenvalue weighted by atomic mass is 79.9. The molecule has 1 aromatic heterocycles. The molecule has 0 aliphatic carbocycles. The minimum atomic E-state index is -0.706. The van der Waals surface area contributed by atoms with Gasteiger partial charge in [0.1, 0.15) is 17.4 Å². The number of ether oxygens (including phenoxy) is 1. The van der Waals surface area contributed by atoms with Gasteiger partial charge in [0.25, 0.3) is 0 Å². The lowest BCUT2D eigenvalue weighted by Gasteiger charge is -2.09. The smallest absolute Gasteiger partial charge is 0.151 e. The molecular weight excluding hydrogens is 306 g/mol. The molecule has 0 unspecified atom stereocenters. The number of hydrogen-bond donors (Lipinski definition) is 1. The topological polar surface area (TPSA) is 48.1 Å². The van der Waals surface area contributed by atoms with Gasteiger partial charge in [-0.25, -0.2) is 8.78 Å². The molecule has 0 amide bonds. The van der Waals surface area contributed by atoms with Gasteiger partial charge in [0.05, 0.1) is 5.69 Å². The van der Waals surface area contributed by atoms with Crippen molar-refractivity contribution in [1.29, 1.82) is 0 Å².